The number of benzene rings is 1. The molecule has 10 nitrogen and oxygen atoms in total. The van der Waals surface area contributed by atoms with Crippen molar-refractivity contribution in [2.24, 2.45) is 11.1 Å². The SMILES string of the molecule is Cc1ccsc1C1C(C#N)=C(N)N(c2nnc(SCC(=O)Nc3ccc(Cl)c(C(=O)O)c3)s2)C2=C1C(=O)CC(C)(C)C2. The molecule has 0 fully saturated rings. The topological polar surface area (TPSA) is 162 Å². The number of aromatic nitrogens is 2. The number of hydrogen-bond donors (Lipinski definition) is 3. The number of amides is 1. The lowest BCUT2D eigenvalue weighted by Gasteiger charge is -2.42. The van der Waals surface area contributed by atoms with Crippen molar-refractivity contribution >= 4 is 74.5 Å². The van der Waals surface area contributed by atoms with E-state index < -0.39 is 11.9 Å². The predicted octanol–water partition coefficient (Wildman–Crippen LogP) is 5.93. The van der Waals surface area contributed by atoms with Crippen LogP contribution in [-0.4, -0.2) is 38.7 Å². The Morgan fingerprint density at radius 3 is 2.74 bits per heavy atom. The number of carboxylic acids is 1. The van der Waals surface area contributed by atoms with Gasteiger partial charge in [-0.3, -0.25) is 14.5 Å². The van der Waals surface area contributed by atoms with Gasteiger partial charge in [0.05, 0.1) is 33.9 Å². The molecule has 2 aliphatic rings. The quantitative estimate of drug-likeness (QED) is 0.264. The Morgan fingerprint density at radius 2 is 2.07 bits per heavy atom. The highest BCUT2D eigenvalue weighted by atomic mass is 35.5. The fourth-order valence-electron chi connectivity index (χ4n) is 5.11. The summed E-state index contributed by atoms with van der Waals surface area (Å²) in [6.07, 6.45) is 0.908. The molecule has 1 aliphatic carbocycles. The van der Waals surface area contributed by atoms with E-state index in [4.69, 9.17) is 17.3 Å². The molecule has 1 unspecified atom stereocenters. The van der Waals surface area contributed by atoms with E-state index in [-0.39, 0.29) is 39.3 Å². The van der Waals surface area contributed by atoms with Gasteiger partial charge in [-0.2, -0.15) is 5.26 Å². The third-order valence-corrected chi connectivity index (χ3v) is 10.4. The predicted molar refractivity (Wildman–Crippen MR) is 164 cm³/mol. The first-order chi connectivity index (χ1) is 19.9. The van der Waals surface area contributed by atoms with Crippen LogP contribution >= 0.6 is 46.0 Å². The van der Waals surface area contributed by atoms with Crippen LogP contribution in [0.1, 0.15) is 53.4 Å². The smallest absolute Gasteiger partial charge is 0.337 e. The maximum absolute atomic E-state index is 13.6. The highest BCUT2D eigenvalue weighted by molar-refractivity contribution is 8.01. The van der Waals surface area contributed by atoms with Gasteiger partial charge >= 0.3 is 5.97 Å². The zero-order chi connectivity index (χ0) is 30.3. The van der Waals surface area contributed by atoms with Gasteiger partial charge in [-0.25, -0.2) is 4.79 Å². The summed E-state index contributed by atoms with van der Waals surface area (Å²) >= 11 is 9.75. The summed E-state index contributed by atoms with van der Waals surface area (Å²) in [5.74, 6) is -1.94. The van der Waals surface area contributed by atoms with Crippen LogP contribution in [0.5, 0.6) is 0 Å². The number of hydrogen-bond acceptors (Lipinski definition) is 11. The molecule has 0 radical (unpaired) electrons. The molecule has 5 rings (SSSR count). The fourth-order valence-corrected chi connectivity index (χ4v) is 8.04. The normalized spacial score (nSPS) is 18.1. The van der Waals surface area contributed by atoms with Gasteiger partial charge in [-0.05, 0) is 54.0 Å². The van der Waals surface area contributed by atoms with Crippen LogP contribution in [0.3, 0.4) is 0 Å². The molecule has 1 aliphatic heterocycles. The molecule has 0 spiro atoms. The number of nitrogens with one attached hydrogen (secondary N) is 1. The van der Waals surface area contributed by atoms with Gasteiger partial charge in [0.2, 0.25) is 11.0 Å². The first-order valence-corrected chi connectivity index (χ1v) is 15.7. The Bertz CT molecular complexity index is 1730. The molecule has 1 amide bonds. The number of allylic oxidation sites excluding steroid dienone is 3. The summed E-state index contributed by atoms with van der Waals surface area (Å²) in [6.45, 7) is 6.01. The highest BCUT2D eigenvalue weighted by Crippen LogP contribution is 2.52. The van der Waals surface area contributed by atoms with E-state index in [9.17, 15) is 24.8 Å². The number of carbonyl (C=O) groups is 3. The maximum Gasteiger partial charge on any atom is 0.337 e. The zero-order valence-electron chi connectivity index (χ0n) is 22.7. The van der Waals surface area contributed by atoms with Gasteiger partial charge in [0.15, 0.2) is 10.1 Å². The molecule has 216 valence electrons. The molecule has 42 heavy (non-hydrogen) atoms. The van der Waals surface area contributed by atoms with Gasteiger partial charge in [0.1, 0.15) is 5.82 Å². The molecule has 0 saturated heterocycles. The second-order valence-corrected chi connectivity index (χ2v) is 14.2. The molecule has 0 bridgehead atoms. The van der Waals surface area contributed by atoms with Crippen molar-refractivity contribution < 1.29 is 19.5 Å². The molecule has 1 aromatic carbocycles. The minimum atomic E-state index is -1.20. The van der Waals surface area contributed by atoms with Crippen LogP contribution in [0.25, 0.3) is 0 Å². The van der Waals surface area contributed by atoms with Crippen molar-refractivity contribution in [1.29, 1.82) is 5.26 Å². The standard InChI is InChI=1S/C28H25ClN6O4S3/c1-13-6-7-40-23(13)21-16(11-30)24(31)35(18-9-28(2,3)10-19(36)22(18)21)26-33-34-27(42-26)41-12-20(37)32-14-4-5-17(29)15(8-14)25(38)39/h4-8,21H,9-10,12,31H2,1-3H3,(H,32,37)(H,38,39). The van der Waals surface area contributed by atoms with Crippen molar-refractivity contribution in [3.63, 3.8) is 0 Å². The fraction of sp³-hybridized carbons (Fsp3) is 0.286. The Labute approximate surface area is 258 Å². The maximum atomic E-state index is 13.6. The molecule has 1 atom stereocenters. The summed E-state index contributed by atoms with van der Waals surface area (Å²) in [7, 11) is 0. The summed E-state index contributed by atoms with van der Waals surface area (Å²) in [6, 6.07) is 8.44. The third-order valence-electron chi connectivity index (χ3n) is 6.94. The first-order valence-electron chi connectivity index (χ1n) is 12.7. The van der Waals surface area contributed by atoms with E-state index in [1.54, 1.807) is 4.90 Å². The minimum Gasteiger partial charge on any atom is -0.478 e. The van der Waals surface area contributed by atoms with Crippen LogP contribution in [-0.2, 0) is 9.59 Å². The summed E-state index contributed by atoms with van der Waals surface area (Å²) in [5.41, 5.74) is 9.10. The molecule has 3 aromatic rings. The van der Waals surface area contributed by atoms with Gasteiger partial charge in [-0.15, -0.1) is 21.5 Å². The monoisotopic (exact) mass is 640 g/mol. The zero-order valence-corrected chi connectivity index (χ0v) is 25.9. The lowest BCUT2D eigenvalue weighted by atomic mass is 9.69. The second kappa shape index (κ2) is 11.5. The molecular formula is C28H25ClN6O4S3. The number of rotatable bonds is 7. The number of thioether (sulfide) groups is 1. The number of ketones is 1. The number of carbonyl (C=O) groups excluding carboxylic acids is 2. The number of nitrogens with two attached hydrogens (primary N) is 1. The number of carboxylic acid groups (broad SMARTS) is 1. The second-order valence-electron chi connectivity index (χ2n) is 10.6. The van der Waals surface area contributed by atoms with E-state index in [0.717, 1.165) is 22.2 Å². The van der Waals surface area contributed by atoms with E-state index in [0.29, 0.717) is 44.8 Å². The van der Waals surface area contributed by atoms with Gasteiger partial charge in [0.25, 0.3) is 0 Å². The lowest BCUT2D eigenvalue weighted by Crippen LogP contribution is -2.42. The average Bonchev–Trinajstić information content (AvgIpc) is 3.56. The number of aryl methyl sites for hydroxylation is 1. The molecular weight excluding hydrogens is 616 g/mol. The average molecular weight is 641 g/mol. The van der Waals surface area contributed by atoms with Crippen LogP contribution in [0, 0.1) is 23.7 Å². The Kier molecular flexibility index (Phi) is 8.17. The van der Waals surface area contributed by atoms with Gasteiger partial charge < -0.3 is 16.2 Å². The molecule has 0 saturated carbocycles. The van der Waals surface area contributed by atoms with Crippen molar-refractivity contribution in [2.45, 2.75) is 43.9 Å². The molecule has 4 N–H and O–H groups in total. The highest BCUT2D eigenvalue weighted by Gasteiger charge is 2.46. The molecule has 3 heterocycles. The van der Waals surface area contributed by atoms with E-state index in [1.807, 2.05) is 32.2 Å². The number of thiophene rings is 1. The summed E-state index contributed by atoms with van der Waals surface area (Å²) in [5, 5.41) is 33.1. The van der Waals surface area contributed by atoms with Crippen molar-refractivity contribution in [1.82, 2.24) is 10.2 Å². The lowest BCUT2D eigenvalue weighted by molar-refractivity contribution is -0.118. The van der Waals surface area contributed by atoms with Gasteiger partial charge in [-0.1, -0.05) is 48.5 Å². The molecule has 2 aromatic heterocycles. The third kappa shape index (κ3) is 5.67. The number of halogens is 1. The number of Topliss-reactive ketones (excluding diaryl/α,β-unsaturated/α-hetero) is 1. The van der Waals surface area contributed by atoms with Crippen LogP contribution < -0.4 is 16.0 Å². The van der Waals surface area contributed by atoms with Crippen molar-refractivity contribution in [3.8, 4) is 6.07 Å². The van der Waals surface area contributed by atoms with Crippen LogP contribution in [0.4, 0.5) is 10.8 Å². The minimum absolute atomic E-state index is 0.0201. The van der Waals surface area contributed by atoms with Crippen molar-refractivity contribution in [3.05, 3.63) is 73.3 Å². The summed E-state index contributed by atoms with van der Waals surface area (Å²) < 4.78 is 0.480. The number of nitriles is 1. The Balaban J connectivity index is 1.42. The number of nitrogens with zero attached hydrogens (tertiary/aromatic N) is 4. The van der Waals surface area contributed by atoms with Gasteiger partial charge in [0, 0.05) is 28.3 Å². The van der Waals surface area contributed by atoms with Crippen LogP contribution in [0.2, 0.25) is 5.02 Å². The van der Waals surface area contributed by atoms with E-state index in [2.05, 4.69) is 21.6 Å². The molecule has 14 heteroatoms. The first kappa shape index (κ1) is 29.8. The largest absolute Gasteiger partial charge is 0.478 e. The number of anilines is 2. The van der Waals surface area contributed by atoms with E-state index in [1.165, 1.54) is 40.9 Å². The van der Waals surface area contributed by atoms with E-state index >= 15 is 0 Å². The summed E-state index contributed by atoms with van der Waals surface area (Å²) in [4.78, 5) is 40.2. The number of aromatic carboxylic acids is 1. The van der Waals surface area contributed by atoms with Crippen molar-refractivity contribution in [2.75, 3.05) is 16.0 Å². The Morgan fingerprint density at radius 1 is 1.31 bits per heavy atom. The Hall–Kier alpha value is -3.70. The van der Waals surface area contributed by atoms with Crippen LogP contribution in [0.15, 0.2) is 56.6 Å².